The van der Waals surface area contributed by atoms with Crippen LogP contribution < -0.4 is 4.90 Å². The second-order valence-electron chi connectivity index (χ2n) is 6.74. The van der Waals surface area contributed by atoms with Gasteiger partial charge in [0.15, 0.2) is 5.01 Å². The molecule has 1 aromatic carbocycles. The zero-order valence-electron chi connectivity index (χ0n) is 15.7. The second kappa shape index (κ2) is 7.57. The highest BCUT2D eigenvalue weighted by atomic mass is 32.2. The first-order valence-electron chi connectivity index (χ1n) is 9.02. The van der Waals surface area contributed by atoms with Gasteiger partial charge in [-0.3, -0.25) is 4.98 Å². The van der Waals surface area contributed by atoms with Gasteiger partial charge in [0.05, 0.1) is 4.90 Å². The second-order valence-corrected chi connectivity index (χ2v) is 9.64. The van der Waals surface area contributed by atoms with Gasteiger partial charge in [-0.15, -0.1) is 10.2 Å². The lowest BCUT2D eigenvalue weighted by atomic mass is 10.1. The molecule has 1 aliphatic rings. The van der Waals surface area contributed by atoms with Crippen molar-refractivity contribution in [3.8, 4) is 10.7 Å². The fourth-order valence-corrected chi connectivity index (χ4v) is 5.46. The Morgan fingerprint density at radius 3 is 2.43 bits per heavy atom. The van der Waals surface area contributed by atoms with Crippen LogP contribution in [0.2, 0.25) is 0 Å². The van der Waals surface area contributed by atoms with Gasteiger partial charge >= 0.3 is 0 Å². The number of hydrogen-bond acceptors (Lipinski definition) is 7. The lowest BCUT2D eigenvalue weighted by Gasteiger charge is -2.33. The van der Waals surface area contributed by atoms with Crippen molar-refractivity contribution in [1.29, 1.82) is 0 Å². The van der Waals surface area contributed by atoms with Crippen LogP contribution in [0.4, 0.5) is 5.13 Å². The molecule has 0 aliphatic carbocycles. The van der Waals surface area contributed by atoms with E-state index in [9.17, 15) is 8.42 Å². The smallest absolute Gasteiger partial charge is 0.243 e. The van der Waals surface area contributed by atoms with E-state index >= 15 is 0 Å². The minimum atomic E-state index is -3.48. The maximum atomic E-state index is 13.0. The fraction of sp³-hybridized carbons (Fsp3) is 0.316. The highest BCUT2D eigenvalue weighted by Crippen LogP contribution is 2.29. The number of pyridine rings is 1. The van der Waals surface area contributed by atoms with E-state index in [-0.39, 0.29) is 0 Å². The molecule has 1 saturated heterocycles. The molecule has 9 heteroatoms. The molecule has 0 spiro atoms. The Bertz CT molecular complexity index is 1070. The van der Waals surface area contributed by atoms with E-state index < -0.39 is 10.0 Å². The molecule has 1 fully saturated rings. The van der Waals surface area contributed by atoms with Gasteiger partial charge in [0, 0.05) is 32.4 Å². The molecular weight excluding hydrogens is 394 g/mol. The monoisotopic (exact) mass is 415 g/mol. The molecule has 7 nitrogen and oxygen atoms in total. The number of sulfonamides is 1. The quantitative estimate of drug-likeness (QED) is 0.652. The number of nitrogens with zero attached hydrogens (tertiary/aromatic N) is 5. The third kappa shape index (κ3) is 3.65. The summed E-state index contributed by atoms with van der Waals surface area (Å²) in [6.45, 7) is 5.93. The Labute approximate surface area is 168 Å². The summed E-state index contributed by atoms with van der Waals surface area (Å²) >= 11 is 1.47. The molecular formula is C19H21N5O2S2. The zero-order chi connectivity index (χ0) is 19.7. The number of piperazine rings is 1. The SMILES string of the molecule is Cc1ccc(S(=O)(=O)N2CCN(c3nnc(-c4ccccn4)s3)CC2)cc1C. The van der Waals surface area contributed by atoms with Crippen molar-refractivity contribution >= 4 is 26.5 Å². The molecule has 0 radical (unpaired) electrons. The molecule has 2 aromatic heterocycles. The molecule has 0 bridgehead atoms. The van der Waals surface area contributed by atoms with E-state index in [4.69, 9.17) is 0 Å². The number of rotatable bonds is 4. The van der Waals surface area contributed by atoms with Crippen LogP contribution in [-0.2, 0) is 10.0 Å². The predicted molar refractivity (Wildman–Crippen MR) is 110 cm³/mol. The lowest BCUT2D eigenvalue weighted by Crippen LogP contribution is -2.48. The highest BCUT2D eigenvalue weighted by molar-refractivity contribution is 7.89. The molecule has 28 heavy (non-hydrogen) atoms. The summed E-state index contributed by atoms with van der Waals surface area (Å²) < 4.78 is 27.5. The molecule has 3 aromatic rings. The van der Waals surface area contributed by atoms with Crippen molar-refractivity contribution in [1.82, 2.24) is 19.5 Å². The van der Waals surface area contributed by atoms with Crippen molar-refractivity contribution < 1.29 is 8.42 Å². The zero-order valence-corrected chi connectivity index (χ0v) is 17.4. The molecule has 4 rings (SSSR count). The summed E-state index contributed by atoms with van der Waals surface area (Å²) in [4.78, 5) is 6.74. The third-order valence-electron chi connectivity index (χ3n) is 4.92. The first-order chi connectivity index (χ1) is 13.4. The standard InChI is InChI=1S/C19H21N5O2S2/c1-14-6-7-16(13-15(14)2)28(25,26)24-11-9-23(10-12-24)19-22-21-18(27-19)17-5-3-4-8-20-17/h3-8,13H,9-12H2,1-2H3. The molecule has 0 saturated carbocycles. The Hall–Kier alpha value is -2.36. The average Bonchev–Trinajstić information content (AvgIpc) is 3.21. The van der Waals surface area contributed by atoms with E-state index in [0.717, 1.165) is 27.0 Å². The van der Waals surface area contributed by atoms with Crippen LogP contribution in [0.25, 0.3) is 10.7 Å². The summed E-state index contributed by atoms with van der Waals surface area (Å²) in [6.07, 6.45) is 1.73. The molecule has 0 N–H and O–H groups in total. The fourth-order valence-electron chi connectivity index (χ4n) is 3.08. The van der Waals surface area contributed by atoms with E-state index in [1.54, 1.807) is 22.6 Å². The molecule has 146 valence electrons. The van der Waals surface area contributed by atoms with Crippen molar-refractivity contribution in [3.05, 3.63) is 53.7 Å². The molecule has 3 heterocycles. The largest absolute Gasteiger partial charge is 0.344 e. The normalized spacial score (nSPS) is 15.7. The van der Waals surface area contributed by atoms with Crippen molar-refractivity contribution in [3.63, 3.8) is 0 Å². The first kappa shape index (κ1) is 19.0. The summed E-state index contributed by atoms with van der Waals surface area (Å²) in [5.41, 5.74) is 2.86. The average molecular weight is 416 g/mol. The van der Waals surface area contributed by atoms with Crippen molar-refractivity contribution in [2.45, 2.75) is 18.7 Å². The van der Waals surface area contributed by atoms with E-state index in [1.165, 1.54) is 11.3 Å². The topological polar surface area (TPSA) is 79.3 Å². The maximum absolute atomic E-state index is 13.0. The number of benzene rings is 1. The van der Waals surface area contributed by atoms with Crippen LogP contribution in [0, 0.1) is 13.8 Å². The van der Waals surface area contributed by atoms with Gasteiger partial charge in [0.25, 0.3) is 0 Å². The van der Waals surface area contributed by atoms with Crippen LogP contribution in [-0.4, -0.2) is 54.1 Å². The van der Waals surface area contributed by atoms with Crippen LogP contribution in [0.15, 0.2) is 47.5 Å². The summed E-state index contributed by atoms with van der Waals surface area (Å²) in [6, 6.07) is 11.0. The van der Waals surface area contributed by atoms with Gasteiger partial charge in [-0.1, -0.05) is 23.5 Å². The number of anilines is 1. The van der Waals surface area contributed by atoms with Crippen LogP contribution >= 0.6 is 11.3 Å². The Morgan fingerprint density at radius 2 is 1.75 bits per heavy atom. The van der Waals surface area contributed by atoms with Crippen LogP contribution in [0.1, 0.15) is 11.1 Å². The van der Waals surface area contributed by atoms with Crippen LogP contribution in [0.3, 0.4) is 0 Å². The molecule has 0 unspecified atom stereocenters. The van der Waals surface area contributed by atoms with Gasteiger partial charge in [-0.2, -0.15) is 4.31 Å². The first-order valence-corrected chi connectivity index (χ1v) is 11.3. The van der Waals surface area contributed by atoms with Gasteiger partial charge in [-0.25, -0.2) is 8.42 Å². The Kier molecular flexibility index (Phi) is 5.13. The van der Waals surface area contributed by atoms with Crippen molar-refractivity contribution in [2.75, 3.05) is 31.1 Å². The summed E-state index contributed by atoms with van der Waals surface area (Å²) in [7, 11) is -3.48. The van der Waals surface area contributed by atoms with E-state index in [1.807, 2.05) is 38.1 Å². The lowest BCUT2D eigenvalue weighted by molar-refractivity contribution is 0.384. The number of aryl methyl sites for hydroxylation is 2. The van der Waals surface area contributed by atoms with Gasteiger partial charge in [0.1, 0.15) is 5.69 Å². The van der Waals surface area contributed by atoms with Gasteiger partial charge in [0.2, 0.25) is 15.2 Å². The third-order valence-corrected chi connectivity index (χ3v) is 7.82. The van der Waals surface area contributed by atoms with Crippen molar-refractivity contribution in [2.24, 2.45) is 0 Å². The predicted octanol–water partition coefficient (Wildman–Crippen LogP) is 2.73. The minimum absolute atomic E-state index is 0.359. The van der Waals surface area contributed by atoms with Gasteiger partial charge < -0.3 is 4.90 Å². The summed E-state index contributed by atoms with van der Waals surface area (Å²) in [5, 5.41) is 10.1. The Balaban J connectivity index is 1.46. The molecule has 0 atom stereocenters. The van der Waals surface area contributed by atoms with E-state index in [0.29, 0.717) is 31.1 Å². The molecule has 0 amide bonds. The number of aromatic nitrogens is 3. The summed E-state index contributed by atoms with van der Waals surface area (Å²) in [5.74, 6) is 0. The van der Waals surface area contributed by atoms with Crippen LogP contribution in [0.5, 0.6) is 0 Å². The maximum Gasteiger partial charge on any atom is 0.243 e. The van der Waals surface area contributed by atoms with Gasteiger partial charge in [-0.05, 0) is 49.2 Å². The number of hydrogen-bond donors (Lipinski definition) is 0. The minimum Gasteiger partial charge on any atom is -0.344 e. The molecule has 1 aliphatic heterocycles. The Morgan fingerprint density at radius 1 is 0.964 bits per heavy atom. The van der Waals surface area contributed by atoms with E-state index in [2.05, 4.69) is 20.1 Å². The highest BCUT2D eigenvalue weighted by Gasteiger charge is 2.29.